The Morgan fingerprint density at radius 1 is 1.61 bits per heavy atom. The van der Waals surface area contributed by atoms with Crippen molar-refractivity contribution in [2.45, 2.75) is 45.1 Å². The summed E-state index contributed by atoms with van der Waals surface area (Å²) >= 11 is 0. The maximum Gasteiger partial charge on any atom is 0.223 e. The van der Waals surface area contributed by atoms with Crippen molar-refractivity contribution >= 4 is 5.91 Å². The molecule has 4 N–H and O–H groups in total. The van der Waals surface area contributed by atoms with Crippen LogP contribution in [-0.4, -0.2) is 28.7 Å². The Balaban J connectivity index is 1.64. The number of hydrogen-bond donors (Lipinski definition) is 3. The Kier molecular flexibility index (Phi) is 4.36. The molecule has 1 fully saturated rings. The number of carbonyl (C=O) groups is 1. The molecule has 2 atom stereocenters. The third-order valence-corrected chi connectivity index (χ3v) is 3.70. The van der Waals surface area contributed by atoms with Crippen molar-refractivity contribution < 1.29 is 4.79 Å². The second-order valence-electron chi connectivity index (χ2n) is 5.18. The summed E-state index contributed by atoms with van der Waals surface area (Å²) in [7, 11) is 0. The van der Waals surface area contributed by atoms with E-state index in [1.165, 1.54) is 5.56 Å². The van der Waals surface area contributed by atoms with E-state index in [1.54, 1.807) is 0 Å². The average Bonchev–Trinajstić information content (AvgIpc) is 2.94. The second kappa shape index (κ2) is 6.00. The molecule has 1 aromatic rings. The van der Waals surface area contributed by atoms with Crippen LogP contribution in [0.25, 0.3) is 0 Å². The summed E-state index contributed by atoms with van der Waals surface area (Å²) in [4.78, 5) is 11.8. The van der Waals surface area contributed by atoms with Gasteiger partial charge in [0.25, 0.3) is 0 Å². The highest BCUT2D eigenvalue weighted by Gasteiger charge is 2.27. The molecule has 1 saturated carbocycles. The van der Waals surface area contributed by atoms with Gasteiger partial charge in [0.05, 0.1) is 6.20 Å². The van der Waals surface area contributed by atoms with Crippen LogP contribution in [0.5, 0.6) is 0 Å². The minimum absolute atomic E-state index is 0.135. The molecule has 0 radical (unpaired) electrons. The van der Waals surface area contributed by atoms with Crippen LogP contribution in [0.2, 0.25) is 0 Å². The first-order valence-electron chi connectivity index (χ1n) is 6.69. The SMILES string of the molecule is Cc1[nH]ncc1CCCNC(=O)C1CCC(N)C1. The van der Waals surface area contributed by atoms with E-state index < -0.39 is 0 Å². The van der Waals surface area contributed by atoms with E-state index in [0.717, 1.165) is 44.3 Å². The van der Waals surface area contributed by atoms with E-state index in [1.807, 2.05) is 13.1 Å². The lowest BCUT2D eigenvalue weighted by Gasteiger charge is -2.10. The quantitative estimate of drug-likeness (QED) is 0.679. The van der Waals surface area contributed by atoms with Crippen molar-refractivity contribution in [3.8, 4) is 0 Å². The first-order chi connectivity index (χ1) is 8.66. The lowest BCUT2D eigenvalue weighted by atomic mass is 10.1. The number of aromatic amines is 1. The zero-order valence-corrected chi connectivity index (χ0v) is 10.9. The maximum absolute atomic E-state index is 11.8. The van der Waals surface area contributed by atoms with E-state index in [9.17, 15) is 4.79 Å². The van der Waals surface area contributed by atoms with Crippen LogP contribution in [0.15, 0.2) is 6.20 Å². The van der Waals surface area contributed by atoms with Crippen LogP contribution in [0.4, 0.5) is 0 Å². The van der Waals surface area contributed by atoms with Crippen molar-refractivity contribution in [3.05, 3.63) is 17.5 Å². The molecule has 0 aliphatic heterocycles. The molecule has 2 rings (SSSR count). The number of H-pyrrole nitrogens is 1. The molecule has 0 aromatic carbocycles. The van der Waals surface area contributed by atoms with Gasteiger partial charge in [-0.1, -0.05) is 0 Å². The van der Waals surface area contributed by atoms with Gasteiger partial charge in [-0.2, -0.15) is 5.10 Å². The van der Waals surface area contributed by atoms with Crippen LogP contribution < -0.4 is 11.1 Å². The number of nitrogens with one attached hydrogen (secondary N) is 2. The van der Waals surface area contributed by atoms with Crippen molar-refractivity contribution in [1.29, 1.82) is 0 Å². The molecule has 2 unspecified atom stereocenters. The molecule has 1 aliphatic carbocycles. The summed E-state index contributed by atoms with van der Waals surface area (Å²) < 4.78 is 0. The van der Waals surface area contributed by atoms with E-state index >= 15 is 0 Å². The highest BCUT2D eigenvalue weighted by Crippen LogP contribution is 2.23. The van der Waals surface area contributed by atoms with E-state index in [4.69, 9.17) is 5.73 Å². The molecule has 1 heterocycles. The summed E-state index contributed by atoms with van der Waals surface area (Å²) in [5.74, 6) is 0.308. The van der Waals surface area contributed by atoms with E-state index in [-0.39, 0.29) is 17.9 Å². The Hall–Kier alpha value is -1.36. The van der Waals surface area contributed by atoms with Gasteiger partial charge in [0.1, 0.15) is 0 Å². The van der Waals surface area contributed by atoms with Crippen LogP contribution in [0, 0.1) is 12.8 Å². The zero-order chi connectivity index (χ0) is 13.0. The molecule has 1 aromatic heterocycles. The molecule has 0 bridgehead atoms. The molecule has 0 saturated heterocycles. The highest BCUT2D eigenvalue weighted by atomic mass is 16.1. The fourth-order valence-corrected chi connectivity index (χ4v) is 2.52. The Morgan fingerprint density at radius 3 is 3.06 bits per heavy atom. The topological polar surface area (TPSA) is 83.8 Å². The van der Waals surface area contributed by atoms with E-state index in [2.05, 4.69) is 15.5 Å². The average molecular weight is 250 g/mol. The van der Waals surface area contributed by atoms with Crippen molar-refractivity contribution in [3.63, 3.8) is 0 Å². The van der Waals surface area contributed by atoms with Crippen LogP contribution in [-0.2, 0) is 11.2 Å². The number of aryl methyl sites for hydroxylation is 2. The number of amides is 1. The molecular weight excluding hydrogens is 228 g/mol. The number of carbonyl (C=O) groups excluding carboxylic acids is 1. The fraction of sp³-hybridized carbons (Fsp3) is 0.692. The van der Waals surface area contributed by atoms with Crippen LogP contribution >= 0.6 is 0 Å². The molecule has 18 heavy (non-hydrogen) atoms. The lowest BCUT2D eigenvalue weighted by Crippen LogP contribution is -2.31. The van der Waals surface area contributed by atoms with Crippen molar-refractivity contribution in [2.24, 2.45) is 11.7 Å². The summed E-state index contributed by atoms with van der Waals surface area (Å²) in [6.07, 6.45) is 6.51. The molecular formula is C13H22N4O. The van der Waals surface area contributed by atoms with Gasteiger partial charge in [0.15, 0.2) is 0 Å². The third-order valence-electron chi connectivity index (χ3n) is 3.70. The maximum atomic E-state index is 11.8. The predicted molar refractivity (Wildman–Crippen MR) is 70.0 cm³/mol. The normalized spacial score (nSPS) is 23.2. The van der Waals surface area contributed by atoms with Crippen molar-refractivity contribution in [2.75, 3.05) is 6.54 Å². The summed E-state index contributed by atoms with van der Waals surface area (Å²) in [6, 6.07) is 0.217. The molecule has 5 heteroatoms. The fourth-order valence-electron chi connectivity index (χ4n) is 2.52. The monoisotopic (exact) mass is 250 g/mol. The smallest absolute Gasteiger partial charge is 0.223 e. The minimum Gasteiger partial charge on any atom is -0.356 e. The Bertz CT molecular complexity index is 401. The minimum atomic E-state index is 0.135. The number of nitrogens with zero attached hydrogens (tertiary/aromatic N) is 1. The number of hydrogen-bond acceptors (Lipinski definition) is 3. The van der Waals surface area contributed by atoms with Gasteiger partial charge in [-0.3, -0.25) is 9.89 Å². The zero-order valence-electron chi connectivity index (χ0n) is 10.9. The molecule has 1 amide bonds. The van der Waals surface area contributed by atoms with Gasteiger partial charge in [-0.25, -0.2) is 0 Å². The van der Waals surface area contributed by atoms with Crippen LogP contribution in [0.3, 0.4) is 0 Å². The molecule has 1 aliphatic rings. The largest absolute Gasteiger partial charge is 0.356 e. The first kappa shape index (κ1) is 13.1. The van der Waals surface area contributed by atoms with Gasteiger partial charge in [-0.15, -0.1) is 0 Å². The second-order valence-corrected chi connectivity index (χ2v) is 5.18. The summed E-state index contributed by atoms with van der Waals surface area (Å²) in [6.45, 7) is 2.75. The van der Waals surface area contributed by atoms with E-state index in [0.29, 0.717) is 0 Å². The van der Waals surface area contributed by atoms with Gasteiger partial charge >= 0.3 is 0 Å². The third kappa shape index (κ3) is 3.32. The van der Waals surface area contributed by atoms with Gasteiger partial charge in [0, 0.05) is 24.2 Å². The van der Waals surface area contributed by atoms with Gasteiger partial charge in [0.2, 0.25) is 5.91 Å². The Labute approximate surface area is 108 Å². The van der Waals surface area contributed by atoms with Crippen molar-refractivity contribution in [1.82, 2.24) is 15.5 Å². The first-order valence-corrected chi connectivity index (χ1v) is 6.69. The lowest BCUT2D eigenvalue weighted by molar-refractivity contribution is -0.124. The summed E-state index contributed by atoms with van der Waals surface area (Å²) in [5.41, 5.74) is 8.15. The van der Waals surface area contributed by atoms with Crippen LogP contribution in [0.1, 0.15) is 36.9 Å². The molecule has 0 spiro atoms. The number of nitrogens with two attached hydrogens (primary N) is 1. The van der Waals surface area contributed by atoms with Gasteiger partial charge in [-0.05, 0) is 44.6 Å². The van der Waals surface area contributed by atoms with Gasteiger partial charge < -0.3 is 11.1 Å². The Morgan fingerprint density at radius 2 is 2.44 bits per heavy atom. The highest BCUT2D eigenvalue weighted by molar-refractivity contribution is 5.78. The number of aromatic nitrogens is 2. The standard InChI is InChI=1S/C13H22N4O/c1-9-11(8-16-17-9)3-2-6-15-13(18)10-4-5-12(14)7-10/h8,10,12H,2-7,14H2,1H3,(H,15,18)(H,16,17). The number of rotatable bonds is 5. The molecule has 100 valence electrons. The summed E-state index contributed by atoms with van der Waals surface area (Å²) in [5, 5.41) is 9.90. The molecule has 5 nitrogen and oxygen atoms in total. The predicted octanol–water partition coefficient (Wildman–Crippen LogP) is 0.894.